The average molecular weight is 207 g/mol. The fourth-order valence-electron chi connectivity index (χ4n) is 1.50. The Morgan fingerprint density at radius 1 is 1.53 bits per heavy atom. The van der Waals surface area contributed by atoms with Crippen molar-refractivity contribution in [3.05, 3.63) is 33.9 Å². The van der Waals surface area contributed by atoms with Gasteiger partial charge >= 0.3 is 0 Å². The Morgan fingerprint density at radius 2 is 2.27 bits per heavy atom. The fourth-order valence-corrected chi connectivity index (χ4v) is 1.50. The number of Topliss-reactive ketones (excluding diaryl/α,β-unsaturated/α-hetero) is 1. The molecule has 1 aromatic rings. The largest absolute Gasteiger partial charge is 0.482 e. The van der Waals surface area contributed by atoms with Crippen LogP contribution in [0.3, 0.4) is 0 Å². The summed E-state index contributed by atoms with van der Waals surface area (Å²) in [6, 6.07) is 4.31. The van der Waals surface area contributed by atoms with E-state index in [0.717, 1.165) is 0 Å². The molecule has 0 amide bonds. The summed E-state index contributed by atoms with van der Waals surface area (Å²) >= 11 is 0. The van der Waals surface area contributed by atoms with Crippen molar-refractivity contribution in [1.29, 1.82) is 0 Å². The van der Waals surface area contributed by atoms with Crippen molar-refractivity contribution in [2.24, 2.45) is 0 Å². The molecular formula is C10H9NO4. The third-order valence-corrected chi connectivity index (χ3v) is 2.38. The van der Waals surface area contributed by atoms with Crippen molar-refractivity contribution >= 4 is 11.5 Å². The van der Waals surface area contributed by atoms with Crippen LogP contribution in [0.5, 0.6) is 5.75 Å². The number of ketones is 1. The Hall–Kier alpha value is -1.91. The van der Waals surface area contributed by atoms with Gasteiger partial charge in [-0.3, -0.25) is 14.9 Å². The van der Waals surface area contributed by atoms with Gasteiger partial charge in [-0.15, -0.1) is 0 Å². The third-order valence-electron chi connectivity index (χ3n) is 2.38. The van der Waals surface area contributed by atoms with Crippen LogP contribution < -0.4 is 4.74 Å². The Kier molecular flexibility index (Phi) is 2.15. The number of non-ortho nitro benzene ring substituents is 1. The van der Waals surface area contributed by atoms with Gasteiger partial charge in [0.25, 0.3) is 5.69 Å². The normalized spacial score (nSPS) is 19.3. The molecule has 5 nitrogen and oxygen atoms in total. The van der Waals surface area contributed by atoms with E-state index in [2.05, 4.69) is 0 Å². The van der Waals surface area contributed by atoms with Gasteiger partial charge in [-0.2, -0.15) is 0 Å². The minimum atomic E-state index is -0.514. The van der Waals surface area contributed by atoms with E-state index in [0.29, 0.717) is 11.3 Å². The number of nitrogens with zero attached hydrogens (tertiary/aromatic N) is 1. The molecular weight excluding hydrogens is 198 g/mol. The molecule has 0 N–H and O–H groups in total. The lowest BCUT2D eigenvalue weighted by molar-refractivity contribution is -0.385. The van der Waals surface area contributed by atoms with Crippen molar-refractivity contribution in [1.82, 2.24) is 0 Å². The molecule has 2 rings (SSSR count). The van der Waals surface area contributed by atoms with E-state index in [9.17, 15) is 14.9 Å². The summed E-state index contributed by atoms with van der Waals surface area (Å²) < 4.78 is 5.28. The Labute approximate surface area is 85.8 Å². The molecule has 0 saturated heterocycles. The molecule has 0 bridgehead atoms. The van der Waals surface area contributed by atoms with Crippen LogP contribution in [0.1, 0.15) is 12.5 Å². The first-order valence-electron chi connectivity index (χ1n) is 4.54. The second-order valence-corrected chi connectivity index (χ2v) is 3.45. The number of hydrogen-bond donors (Lipinski definition) is 0. The highest BCUT2D eigenvalue weighted by Crippen LogP contribution is 2.29. The van der Waals surface area contributed by atoms with E-state index in [-0.39, 0.29) is 17.9 Å². The highest BCUT2D eigenvalue weighted by Gasteiger charge is 2.25. The van der Waals surface area contributed by atoms with E-state index < -0.39 is 11.0 Å². The number of rotatable bonds is 1. The highest BCUT2D eigenvalue weighted by molar-refractivity contribution is 5.87. The van der Waals surface area contributed by atoms with E-state index in [1.807, 2.05) is 0 Å². The smallest absolute Gasteiger partial charge is 0.273 e. The Morgan fingerprint density at radius 3 is 2.93 bits per heavy atom. The molecule has 0 aromatic heterocycles. The SMILES string of the molecule is CC1Oc2cc([N+](=O)[O-])ccc2CC1=O. The number of ether oxygens (including phenoxy) is 1. The number of benzene rings is 1. The lowest BCUT2D eigenvalue weighted by Crippen LogP contribution is -2.30. The zero-order chi connectivity index (χ0) is 11.0. The van der Waals surface area contributed by atoms with E-state index in [4.69, 9.17) is 4.74 Å². The van der Waals surface area contributed by atoms with Crippen LogP contribution in [-0.2, 0) is 11.2 Å². The van der Waals surface area contributed by atoms with Crippen molar-refractivity contribution in [2.45, 2.75) is 19.4 Å². The van der Waals surface area contributed by atoms with Gasteiger partial charge in [0.05, 0.1) is 11.0 Å². The summed E-state index contributed by atoms with van der Waals surface area (Å²) in [6.07, 6.45) is -0.228. The Balaban J connectivity index is 2.41. The molecule has 1 atom stereocenters. The second-order valence-electron chi connectivity index (χ2n) is 3.45. The van der Waals surface area contributed by atoms with E-state index in [1.165, 1.54) is 12.1 Å². The van der Waals surface area contributed by atoms with Gasteiger partial charge in [0.15, 0.2) is 11.9 Å². The summed E-state index contributed by atoms with van der Waals surface area (Å²) in [4.78, 5) is 21.4. The van der Waals surface area contributed by atoms with Crippen molar-refractivity contribution in [2.75, 3.05) is 0 Å². The summed E-state index contributed by atoms with van der Waals surface area (Å²) in [5.41, 5.74) is 0.694. The number of hydrogen-bond acceptors (Lipinski definition) is 4. The number of fused-ring (bicyclic) bond motifs is 1. The average Bonchev–Trinajstić information content (AvgIpc) is 2.19. The van der Waals surface area contributed by atoms with Crippen LogP contribution in [0, 0.1) is 10.1 Å². The molecule has 0 radical (unpaired) electrons. The lowest BCUT2D eigenvalue weighted by atomic mass is 10.0. The first-order valence-corrected chi connectivity index (χ1v) is 4.54. The van der Waals surface area contributed by atoms with Crippen LogP contribution in [0.25, 0.3) is 0 Å². The van der Waals surface area contributed by atoms with Crippen molar-refractivity contribution in [3.63, 3.8) is 0 Å². The van der Waals surface area contributed by atoms with Gasteiger partial charge in [-0.25, -0.2) is 0 Å². The fraction of sp³-hybridized carbons (Fsp3) is 0.300. The zero-order valence-corrected chi connectivity index (χ0v) is 8.10. The van der Waals surface area contributed by atoms with E-state index in [1.54, 1.807) is 13.0 Å². The molecule has 78 valence electrons. The van der Waals surface area contributed by atoms with Crippen molar-refractivity contribution < 1.29 is 14.5 Å². The van der Waals surface area contributed by atoms with Gasteiger partial charge in [0, 0.05) is 18.1 Å². The van der Waals surface area contributed by atoms with Gasteiger partial charge in [-0.1, -0.05) is 0 Å². The molecule has 1 unspecified atom stereocenters. The molecule has 0 fully saturated rings. The van der Waals surface area contributed by atoms with Gasteiger partial charge < -0.3 is 4.74 Å². The molecule has 15 heavy (non-hydrogen) atoms. The van der Waals surface area contributed by atoms with Crippen LogP contribution in [-0.4, -0.2) is 16.8 Å². The third kappa shape index (κ3) is 1.68. The molecule has 1 heterocycles. The van der Waals surface area contributed by atoms with Crippen molar-refractivity contribution in [3.8, 4) is 5.75 Å². The highest BCUT2D eigenvalue weighted by atomic mass is 16.6. The molecule has 1 aromatic carbocycles. The minimum absolute atomic E-state index is 0.00338. The van der Waals surface area contributed by atoms with Crippen LogP contribution >= 0.6 is 0 Å². The predicted octanol–water partition coefficient (Wildman–Crippen LogP) is 1.49. The van der Waals surface area contributed by atoms with Gasteiger partial charge in [0.1, 0.15) is 5.75 Å². The second kappa shape index (κ2) is 3.34. The number of carbonyl (C=O) groups is 1. The first kappa shape index (κ1) is 9.64. The summed E-state index contributed by atoms with van der Waals surface area (Å²) in [5.74, 6) is 0.438. The molecule has 0 aliphatic carbocycles. The monoisotopic (exact) mass is 207 g/mol. The summed E-state index contributed by atoms with van der Waals surface area (Å²) in [5, 5.41) is 10.5. The first-order chi connectivity index (χ1) is 7.08. The topological polar surface area (TPSA) is 69.4 Å². The summed E-state index contributed by atoms with van der Waals surface area (Å²) in [7, 11) is 0. The maximum atomic E-state index is 11.3. The quantitative estimate of drug-likeness (QED) is 0.516. The Bertz CT molecular complexity index is 441. The zero-order valence-electron chi connectivity index (χ0n) is 8.10. The maximum absolute atomic E-state index is 11.3. The number of nitro groups is 1. The minimum Gasteiger partial charge on any atom is -0.482 e. The number of carbonyl (C=O) groups excluding carboxylic acids is 1. The molecule has 5 heteroatoms. The van der Waals surface area contributed by atoms with Gasteiger partial charge in [-0.05, 0) is 13.0 Å². The standard InChI is InChI=1S/C10H9NO4/c1-6-9(12)4-7-2-3-8(11(13)14)5-10(7)15-6/h2-3,5-6H,4H2,1H3. The summed E-state index contributed by atoms with van der Waals surface area (Å²) in [6.45, 7) is 1.64. The predicted molar refractivity (Wildman–Crippen MR) is 51.9 cm³/mol. The number of nitro benzene ring substituents is 1. The molecule has 0 spiro atoms. The van der Waals surface area contributed by atoms with E-state index >= 15 is 0 Å². The van der Waals surface area contributed by atoms with Gasteiger partial charge in [0.2, 0.25) is 0 Å². The van der Waals surface area contributed by atoms with Crippen LogP contribution in [0.15, 0.2) is 18.2 Å². The molecule has 1 aliphatic rings. The lowest BCUT2D eigenvalue weighted by Gasteiger charge is -2.21. The van der Waals surface area contributed by atoms with Crippen LogP contribution in [0.2, 0.25) is 0 Å². The van der Waals surface area contributed by atoms with Crippen LogP contribution in [0.4, 0.5) is 5.69 Å². The molecule has 1 aliphatic heterocycles. The molecule has 0 saturated carbocycles. The maximum Gasteiger partial charge on any atom is 0.273 e.